The van der Waals surface area contributed by atoms with Gasteiger partial charge in [0.05, 0.1) is 23.1 Å². The number of amides is 1. The van der Waals surface area contributed by atoms with Crippen LogP contribution in [-0.4, -0.2) is 23.0 Å². The molecule has 156 valence electrons. The molecule has 0 aliphatic heterocycles. The lowest BCUT2D eigenvalue weighted by Gasteiger charge is -2.05. The molecule has 0 saturated carbocycles. The van der Waals surface area contributed by atoms with Crippen molar-refractivity contribution in [1.82, 2.24) is 5.43 Å². The van der Waals surface area contributed by atoms with E-state index in [-0.39, 0.29) is 29.3 Å². The van der Waals surface area contributed by atoms with Crippen LogP contribution < -0.4 is 10.2 Å². The number of hydrogen-bond donors (Lipinski definition) is 1. The molecule has 3 aromatic rings. The van der Waals surface area contributed by atoms with Gasteiger partial charge in [-0.3, -0.25) is 14.9 Å². The molecule has 0 aliphatic rings. The lowest BCUT2D eigenvalue weighted by atomic mass is 10.1. The average Bonchev–Trinajstić information content (AvgIpc) is 2.75. The maximum absolute atomic E-state index is 12.2. The minimum atomic E-state index is -0.646. The van der Waals surface area contributed by atoms with Crippen LogP contribution in [0.2, 0.25) is 0 Å². The van der Waals surface area contributed by atoms with E-state index >= 15 is 0 Å². The van der Waals surface area contributed by atoms with Crippen molar-refractivity contribution in [2.24, 2.45) is 5.10 Å². The van der Waals surface area contributed by atoms with Crippen LogP contribution in [0.25, 0.3) is 0 Å². The van der Waals surface area contributed by atoms with Gasteiger partial charge in [-0.2, -0.15) is 5.10 Å². The van der Waals surface area contributed by atoms with E-state index in [1.54, 1.807) is 24.3 Å². The number of benzene rings is 3. The Morgan fingerprint density at radius 3 is 2.45 bits per heavy atom. The number of carbonyl (C=O) groups is 2. The molecular formula is C22H16BrN3O5. The van der Waals surface area contributed by atoms with Crippen LogP contribution in [0.15, 0.2) is 82.4 Å². The zero-order valence-electron chi connectivity index (χ0n) is 16.0. The number of hydrogen-bond acceptors (Lipinski definition) is 6. The van der Waals surface area contributed by atoms with Crippen molar-refractivity contribution >= 4 is 39.7 Å². The number of esters is 1. The van der Waals surface area contributed by atoms with Crippen LogP contribution in [0.5, 0.6) is 5.75 Å². The van der Waals surface area contributed by atoms with E-state index in [0.717, 1.165) is 10.0 Å². The van der Waals surface area contributed by atoms with E-state index in [4.69, 9.17) is 4.74 Å². The maximum Gasteiger partial charge on any atom is 0.343 e. The highest BCUT2D eigenvalue weighted by atomic mass is 79.9. The summed E-state index contributed by atoms with van der Waals surface area (Å²) in [5, 5.41) is 14.6. The first-order valence-electron chi connectivity index (χ1n) is 9.04. The van der Waals surface area contributed by atoms with Crippen molar-refractivity contribution < 1.29 is 19.2 Å². The minimum absolute atomic E-state index is 0.114. The fraction of sp³-hybridized carbons (Fsp3) is 0.0455. The van der Waals surface area contributed by atoms with E-state index in [1.165, 1.54) is 30.5 Å². The molecule has 0 unspecified atom stereocenters. The Labute approximate surface area is 185 Å². The molecule has 3 rings (SSSR count). The van der Waals surface area contributed by atoms with Crippen LogP contribution >= 0.6 is 15.9 Å². The molecule has 0 atom stereocenters. The van der Waals surface area contributed by atoms with Gasteiger partial charge in [-0.15, -0.1) is 0 Å². The molecular weight excluding hydrogens is 466 g/mol. The fourth-order valence-electron chi connectivity index (χ4n) is 2.55. The zero-order valence-corrected chi connectivity index (χ0v) is 17.6. The molecule has 0 bridgehead atoms. The summed E-state index contributed by atoms with van der Waals surface area (Å²) in [4.78, 5) is 34.3. The Balaban J connectivity index is 1.56. The summed E-state index contributed by atoms with van der Waals surface area (Å²) in [5.74, 6) is -0.639. The number of carbonyl (C=O) groups excluding carboxylic acids is 2. The lowest BCUT2D eigenvalue weighted by Crippen LogP contribution is -2.19. The Kier molecular flexibility index (Phi) is 7.23. The van der Waals surface area contributed by atoms with Gasteiger partial charge in [0.25, 0.3) is 5.69 Å². The summed E-state index contributed by atoms with van der Waals surface area (Å²) in [6, 6.07) is 19.1. The van der Waals surface area contributed by atoms with Gasteiger partial charge in [0.15, 0.2) is 0 Å². The molecule has 9 heteroatoms. The fourth-order valence-corrected chi connectivity index (χ4v) is 2.81. The second kappa shape index (κ2) is 10.3. The van der Waals surface area contributed by atoms with Crippen molar-refractivity contribution in [3.63, 3.8) is 0 Å². The number of nitro benzene ring substituents is 1. The third-order valence-corrected chi connectivity index (χ3v) is 4.59. The predicted molar refractivity (Wildman–Crippen MR) is 118 cm³/mol. The molecule has 1 amide bonds. The average molecular weight is 482 g/mol. The van der Waals surface area contributed by atoms with Crippen LogP contribution in [0.1, 0.15) is 21.5 Å². The van der Waals surface area contributed by atoms with E-state index in [1.807, 2.05) is 24.3 Å². The van der Waals surface area contributed by atoms with E-state index in [9.17, 15) is 19.7 Å². The Hall–Kier alpha value is -3.85. The molecule has 0 aliphatic carbocycles. The van der Waals surface area contributed by atoms with Crippen molar-refractivity contribution in [2.75, 3.05) is 0 Å². The van der Waals surface area contributed by atoms with Crippen molar-refractivity contribution in [3.8, 4) is 5.75 Å². The van der Waals surface area contributed by atoms with Gasteiger partial charge in [-0.1, -0.05) is 40.2 Å². The van der Waals surface area contributed by atoms with E-state index < -0.39 is 10.9 Å². The number of nitro groups is 1. The maximum atomic E-state index is 12.2. The molecule has 0 radical (unpaired) electrons. The molecule has 8 nitrogen and oxygen atoms in total. The van der Waals surface area contributed by atoms with Gasteiger partial charge >= 0.3 is 5.97 Å². The molecule has 0 aromatic heterocycles. The standard InChI is InChI=1S/C22H16BrN3O5/c23-18-8-4-15(5-9-18)13-21(27)25-24-14-16-2-1-3-20(12-16)31-22(28)17-6-10-19(11-7-17)26(29)30/h1-12,14H,13H2,(H,25,27)/b24-14+. The van der Waals surface area contributed by atoms with Gasteiger partial charge < -0.3 is 4.74 Å². The minimum Gasteiger partial charge on any atom is -0.423 e. The second-order valence-electron chi connectivity index (χ2n) is 6.36. The van der Waals surface area contributed by atoms with Gasteiger partial charge in [-0.25, -0.2) is 10.2 Å². The highest BCUT2D eigenvalue weighted by molar-refractivity contribution is 9.10. The first-order chi connectivity index (χ1) is 14.9. The number of nitrogens with one attached hydrogen (secondary N) is 1. The number of ether oxygens (including phenoxy) is 1. The van der Waals surface area contributed by atoms with Gasteiger partial charge in [0.2, 0.25) is 5.91 Å². The molecule has 0 fully saturated rings. The largest absolute Gasteiger partial charge is 0.423 e. The highest BCUT2D eigenvalue weighted by Gasteiger charge is 2.11. The summed E-state index contributed by atoms with van der Waals surface area (Å²) >= 11 is 3.34. The Bertz CT molecular complexity index is 1130. The highest BCUT2D eigenvalue weighted by Crippen LogP contribution is 2.17. The predicted octanol–water partition coefficient (Wildman–Crippen LogP) is 4.27. The van der Waals surface area contributed by atoms with E-state index in [2.05, 4.69) is 26.5 Å². The molecule has 0 saturated heterocycles. The number of rotatable bonds is 7. The van der Waals surface area contributed by atoms with Crippen LogP contribution in [-0.2, 0) is 11.2 Å². The Morgan fingerprint density at radius 2 is 1.77 bits per heavy atom. The quantitative estimate of drug-likeness (QED) is 0.178. The van der Waals surface area contributed by atoms with Gasteiger partial charge in [0, 0.05) is 16.6 Å². The molecule has 1 N–H and O–H groups in total. The van der Waals surface area contributed by atoms with Crippen LogP contribution in [0.4, 0.5) is 5.69 Å². The number of nitrogens with zero attached hydrogens (tertiary/aromatic N) is 2. The van der Waals surface area contributed by atoms with Crippen molar-refractivity contribution in [3.05, 3.63) is 104 Å². The van der Waals surface area contributed by atoms with Gasteiger partial charge in [-0.05, 0) is 47.5 Å². The smallest absolute Gasteiger partial charge is 0.343 e. The summed E-state index contributed by atoms with van der Waals surface area (Å²) in [7, 11) is 0. The lowest BCUT2D eigenvalue weighted by molar-refractivity contribution is -0.384. The van der Waals surface area contributed by atoms with Gasteiger partial charge in [0.1, 0.15) is 5.75 Å². The first kappa shape index (κ1) is 21.8. The summed E-state index contributed by atoms with van der Waals surface area (Å²) in [5.41, 5.74) is 3.99. The summed E-state index contributed by atoms with van der Waals surface area (Å²) in [6.07, 6.45) is 1.63. The van der Waals surface area contributed by atoms with Crippen molar-refractivity contribution in [1.29, 1.82) is 0 Å². The normalized spacial score (nSPS) is 10.6. The van der Waals surface area contributed by atoms with Crippen molar-refractivity contribution in [2.45, 2.75) is 6.42 Å². The topological polar surface area (TPSA) is 111 Å². The molecule has 0 heterocycles. The SMILES string of the molecule is O=C(Cc1ccc(Br)cc1)N/N=C/c1cccc(OC(=O)c2ccc([N+](=O)[O-])cc2)c1. The third kappa shape index (κ3) is 6.58. The number of non-ortho nitro benzene ring substituents is 1. The molecule has 0 spiro atoms. The van der Waals surface area contributed by atoms with Crippen LogP contribution in [0, 0.1) is 10.1 Å². The molecule has 31 heavy (non-hydrogen) atoms. The monoisotopic (exact) mass is 481 g/mol. The van der Waals surface area contributed by atoms with Crippen LogP contribution in [0.3, 0.4) is 0 Å². The van der Waals surface area contributed by atoms with E-state index in [0.29, 0.717) is 5.56 Å². The second-order valence-corrected chi connectivity index (χ2v) is 7.28. The zero-order chi connectivity index (χ0) is 22.2. The number of halogens is 1. The molecule has 3 aromatic carbocycles. The third-order valence-electron chi connectivity index (χ3n) is 4.06. The summed E-state index contributed by atoms with van der Waals surface area (Å²) in [6.45, 7) is 0. The first-order valence-corrected chi connectivity index (χ1v) is 9.83. The summed E-state index contributed by atoms with van der Waals surface area (Å²) < 4.78 is 6.23. The number of hydrazone groups is 1. The Morgan fingerprint density at radius 1 is 1.06 bits per heavy atom.